The molecule has 0 fully saturated rings. The largest absolute Gasteiger partial charge is 0.407 e. The van der Waals surface area contributed by atoms with Crippen LogP contribution in [0.2, 0.25) is 0 Å². The second-order valence-corrected chi connectivity index (χ2v) is 5.07. The number of pyridine rings is 1. The van der Waals surface area contributed by atoms with Crippen molar-refractivity contribution >= 4 is 11.4 Å². The van der Waals surface area contributed by atoms with Crippen LogP contribution in [-0.2, 0) is 6.18 Å². The van der Waals surface area contributed by atoms with Crippen LogP contribution in [0.5, 0.6) is 0 Å². The van der Waals surface area contributed by atoms with Crippen LogP contribution in [0.1, 0.15) is 25.8 Å². The van der Waals surface area contributed by atoms with Gasteiger partial charge in [0, 0.05) is 11.3 Å². The first-order valence-corrected chi connectivity index (χ1v) is 7.14. The summed E-state index contributed by atoms with van der Waals surface area (Å²) in [7, 11) is 0. The van der Waals surface area contributed by atoms with Crippen LogP contribution in [0.25, 0.3) is 16.1 Å². The van der Waals surface area contributed by atoms with Crippen LogP contribution in [0.3, 0.4) is 0 Å². The molecule has 1 heterocycles. The molecule has 2 aromatic rings. The van der Waals surface area contributed by atoms with Crippen LogP contribution in [0.15, 0.2) is 46.3 Å². The van der Waals surface area contributed by atoms with Crippen molar-refractivity contribution < 1.29 is 13.2 Å². The lowest BCUT2D eigenvalue weighted by Gasteiger charge is -2.15. The average molecular weight is 333 g/mol. The molecule has 0 aliphatic carbocycles. The van der Waals surface area contributed by atoms with Crippen molar-refractivity contribution in [2.75, 3.05) is 0 Å². The Labute approximate surface area is 136 Å². The van der Waals surface area contributed by atoms with Crippen molar-refractivity contribution in [2.24, 2.45) is 5.10 Å². The zero-order chi connectivity index (χ0) is 17.9. The van der Waals surface area contributed by atoms with Gasteiger partial charge in [-0.15, -0.1) is 0 Å². The van der Waals surface area contributed by atoms with E-state index in [-0.39, 0.29) is 5.69 Å². The fourth-order valence-electron chi connectivity index (χ4n) is 2.07. The molecule has 0 saturated carbocycles. The number of halogens is 3. The third kappa shape index (κ3) is 3.38. The van der Waals surface area contributed by atoms with Gasteiger partial charge in [0.05, 0.1) is 17.8 Å². The first-order valence-electron chi connectivity index (χ1n) is 7.14. The van der Waals surface area contributed by atoms with E-state index in [1.54, 1.807) is 37.3 Å². The molecule has 0 bridgehead atoms. The lowest BCUT2D eigenvalue weighted by Crippen LogP contribution is -2.23. The van der Waals surface area contributed by atoms with Crippen molar-refractivity contribution in [1.29, 1.82) is 0 Å². The first-order chi connectivity index (χ1) is 11.3. The molecule has 0 unspecified atom stereocenters. The van der Waals surface area contributed by atoms with E-state index in [9.17, 15) is 18.0 Å². The van der Waals surface area contributed by atoms with Crippen LogP contribution in [0.4, 0.5) is 18.9 Å². The number of benzene rings is 1. The van der Waals surface area contributed by atoms with Crippen molar-refractivity contribution in [3.05, 3.63) is 63.7 Å². The minimum atomic E-state index is -4.80. The third-order valence-corrected chi connectivity index (χ3v) is 3.43. The molecular weight excluding hydrogens is 319 g/mol. The molecular formula is C17H14F3N3O. The predicted molar refractivity (Wildman–Crippen MR) is 86.2 cm³/mol. The first kappa shape index (κ1) is 17.5. The van der Waals surface area contributed by atoms with E-state index in [1.807, 2.05) is 6.92 Å². The highest BCUT2D eigenvalue weighted by atomic mass is 19.4. The lowest BCUT2D eigenvalue weighted by atomic mass is 10.1. The Balaban J connectivity index is 2.93. The third-order valence-electron chi connectivity index (χ3n) is 3.43. The molecule has 0 amide bonds. The molecule has 7 heteroatoms. The Morgan fingerprint density at radius 2 is 1.92 bits per heavy atom. The van der Waals surface area contributed by atoms with Gasteiger partial charge in [-0.3, -0.25) is 4.79 Å². The Morgan fingerprint density at radius 1 is 1.29 bits per heavy atom. The van der Waals surface area contributed by atoms with Gasteiger partial charge in [0.25, 0.3) is 11.2 Å². The highest BCUT2D eigenvalue weighted by Gasteiger charge is 2.36. The Hall–Kier alpha value is -2.88. The van der Waals surface area contributed by atoms with Gasteiger partial charge < -0.3 is 0 Å². The molecule has 0 saturated heterocycles. The maximum Gasteiger partial charge on any atom is 0.407 e. The number of nitrogens with zero attached hydrogens (tertiary/aromatic N) is 3. The molecule has 0 radical (unpaired) electrons. The van der Waals surface area contributed by atoms with E-state index in [1.165, 1.54) is 0 Å². The van der Waals surface area contributed by atoms with Gasteiger partial charge in [0.1, 0.15) is 0 Å². The summed E-state index contributed by atoms with van der Waals surface area (Å²) in [5.41, 5.74) is -2.34. The Kier molecular flexibility index (Phi) is 4.88. The molecule has 0 aliphatic rings. The van der Waals surface area contributed by atoms with E-state index in [2.05, 4.69) is 9.95 Å². The summed E-state index contributed by atoms with van der Waals surface area (Å²) < 4.78 is 40.6. The SMILES string of the molecule is [C-]#[N+]c1c(C(F)(F)F)cc(-c2ccccc2)n(/N=C(\C)CC)c1=O. The summed E-state index contributed by atoms with van der Waals surface area (Å²) >= 11 is 0. The van der Waals surface area contributed by atoms with E-state index in [0.717, 1.165) is 10.7 Å². The Morgan fingerprint density at radius 3 is 2.42 bits per heavy atom. The fraction of sp³-hybridized carbons (Fsp3) is 0.235. The summed E-state index contributed by atoms with van der Waals surface area (Å²) in [6, 6.07) is 8.98. The van der Waals surface area contributed by atoms with Gasteiger partial charge in [0.2, 0.25) is 0 Å². The highest BCUT2D eigenvalue weighted by molar-refractivity contribution is 5.82. The Bertz CT molecular complexity index is 875. The van der Waals surface area contributed by atoms with Gasteiger partial charge in [0.15, 0.2) is 0 Å². The van der Waals surface area contributed by atoms with Gasteiger partial charge >= 0.3 is 6.18 Å². The van der Waals surface area contributed by atoms with Gasteiger partial charge in [-0.1, -0.05) is 37.3 Å². The van der Waals surface area contributed by atoms with Crippen molar-refractivity contribution in [1.82, 2.24) is 4.68 Å². The molecule has 1 aromatic carbocycles. The second kappa shape index (κ2) is 6.71. The second-order valence-electron chi connectivity index (χ2n) is 5.07. The van der Waals surface area contributed by atoms with Gasteiger partial charge in [-0.25, -0.2) is 9.52 Å². The number of rotatable bonds is 3. The van der Waals surface area contributed by atoms with E-state index in [4.69, 9.17) is 6.57 Å². The lowest BCUT2D eigenvalue weighted by molar-refractivity contribution is -0.136. The summed E-state index contributed by atoms with van der Waals surface area (Å²) in [6.07, 6.45) is -4.28. The van der Waals surface area contributed by atoms with Crippen molar-refractivity contribution in [3.8, 4) is 11.3 Å². The normalized spacial score (nSPS) is 12.1. The van der Waals surface area contributed by atoms with Crippen LogP contribution in [0, 0.1) is 6.57 Å². The van der Waals surface area contributed by atoms with Crippen molar-refractivity contribution in [2.45, 2.75) is 26.4 Å². The van der Waals surface area contributed by atoms with E-state index >= 15 is 0 Å². The highest BCUT2D eigenvalue weighted by Crippen LogP contribution is 2.37. The smallest absolute Gasteiger partial charge is 0.281 e. The van der Waals surface area contributed by atoms with E-state index < -0.39 is 23.0 Å². The molecule has 1 aromatic heterocycles. The fourth-order valence-corrected chi connectivity index (χ4v) is 2.07. The average Bonchev–Trinajstić information content (AvgIpc) is 2.55. The molecule has 0 atom stereocenters. The van der Waals surface area contributed by atoms with Crippen LogP contribution >= 0.6 is 0 Å². The molecule has 0 aliphatic heterocycles. The minimum Gasteiger partial charge on any atom is -0.281 e. The number of aromatic nitrogens is 1. The topological polar surface area (TPSA) is 38.7 Å². The minimum absolute atomic E-state index is 0.00637. The monoisotopic (exact) mass is 333 g/mol. The van der Waals surface area contributed by atoms with Gasteiger partial charge in [-0.2, -0.15) is 18.3 Å². The van der Waals surface area contributed by atoms with Crippen molar-refractivity contribution in [3.63, 3.8) is 0 Å². The van der Waals surface area contributed by atoms with E-state index in [0.29, 0.717) is 17.7 Å². The maximum atomic E-state index is 13.2. The molecule has 4 nitrogen and oxygen atoms in total. The standard InChI is InChI=1S/C17H14F3N3O/c1-4-11(2)22-23-14(12-8-6-5-7-9-12)10-13(17(18,19)20)15(21-3)16(23)24/h5-10H,4H2,1-2H3/b22-11+. The molecule has 24 heavy (non-hydrogen) atoms. The number of hydrogen-bond acceptors (Lipinski definition) is 2. The van der Waals surface area contributed by atoms with Crippen LogP contribution < -0.4 is 5.56 Å². The number of alkyl halides is 3. The summed E-state index contributed by atoms with van der Waals surface area (Å²) in [6.45, 7) is 10.4. The molecule has 2 rings (SSSR count). The predicted octanol–water partition coefficient (Wildman–Crippen LogP) is 4.72. The van der Waals surface area contributed by atoms with Crippen LogP contribution in [-0.4, -0.2) is 10.4 Å². The summed E-state index contributed by atoms with van der Waals surface area (Å²) in [5, 5.41) is 4.10. The maximum absolute atomic E-state index is 13.2. The molecule has 124 valence electrons. The molecule has 0 spiro atoms. The zero-order valence-corrected chi connectivity index (χ0v) is 13.1. The number of hydrogen-bond donors (Lipinski definition) is 0. The summed E-state index contributed by atoms with van der Waals surface area (Å²) in [5.74, 6) is 0. The molecule has 0 N–H and O–H groups in total. The zero-order valence-electron chi connectivity index (χ0n) is 13.1. The summed E-state index contributed by atoms with van der Waals surface area (Å²) in [4.78, 5) is 15.2. The van der Waals surface area contributed by atoms with Gasteiger partial charge in [-0.05, 0) is 19.4 Å². The quantitative estimate of drug-likeness (QED) is 0.592.